The number of anilines is 1. The molecule has 0 amide bonds. The van der Waals surface area contributed by atoms with Crippen LogP contribution in [-0.4, -0.2) is 15.0 Å². The van der Waals surface area contributed by atoms with E-state index >= 15 is 0 Å². The van der Waals surface area contributed by atoms with E-state index in [1.54, 1.807) is 0 Å². The SMILES string of the molecule is Cc1cccc(-c2ccc3ncnc(N)c3n2)c1. The summed E-state index contributed by atoms with van der Waals surface area (Å²) in [6.45, 7) is 2.06. The maximum absolute atomic E-state index is 5.82. The molecule has 3 rings (SSSR count). The molecule has 88 valence electrons. The van der Waals surface area contributed by atoms with Crippen LogP contribution in [0.2, 0.25) is 0 Å². The van der Waals surface area contributed by atoms with Gasteiger partial charge in [0.25, 0.3) is 0 Å². The molecule has 0 saturated heterocycles. The van der Waals surface area contributed by atoms with Crippen LogP contribution in [0.15, 0.2) is 42.7 Å². The van der Waals surface area contributed by atoms with Crippen molar-refractivity contribution in [1.82, 2.24) is 15.0 Å². The number of nitrogens with zero attached hydrogens (tertiary/aromatic N) is 3. The van der Waals surface area contributed by atoms with E-state index < -0.39 is 0 Å². The van der Waals surface area contributed by atoms with E-state index in [9.17, 15) is 0 Å². The fraction of sp³-hybridized carbons (Fsp3) is 0.0714. The highest BCUT2D eigenvalue weighted by Gasteiger charge is 2.05. The predicted octanol–water partition coefficient (Wildman–Crippen LogP) is 2.58. The summed E-state index contributed by atoms with van der Waals surface area (Å²) in [5.41, 5.74) is 10.4. The van der Waals surface area contributed by atoms with Gasteiger partial charge < -0.3 is 5.73 Å². The second kappa shape index (κ2) is 4.07. The van der Waals surface area contributed by atoms with Crippen molar-refractivity contribution in [3.63, 3.8) is 0 Å². The first-order valence-corrected chi connectivity index (χ1v) is 5.68. The van der Waals surface area contributed by atoms with Crippen molar-refractivity contribution in [3.8, 4) is 11.3 Å². The second-order valence-electron chi connectivity index (χ2n) is 4.19. The zero-order valence-corrected chi connectivity index (χ0v) is 9.96. The van der Waals surface area contributed by atoms with Gasteiger partial charge in [0.05, 0.1) is 11.2 Å². The lowest BCUT2D eigenvalue weighted by molar-refractivity contribution is 1.21. The topological polar surface area (TPSA) is 64.7 Å². The molecule has 0 unspecified atom stereocenters. The Labute approximate surface area is 105 Å². The molecule has 0 aliphatic rings. The van der Waals surface area contributed by atoms with Crippen molar-refractivity contribution in [2.45, 2.75) is 6.92 Å². The molecule has 3 aromatic rings. The van der Waals surface area contributed by atoms with Crippen LogP contribution in [0.25, 0.3) is 22.3 Å². The van der Waals surface area contributed by atoms with Crippen molar-refractivity contribution in [3.05, 3.63) is 48.3 Å². The zero-order valence-electron chi connectivity index (χ0n) is 9.96. The Morgan fingerprint density at radius 3 is 2.78 bits per heavy atom. The first-order chi connectivity index (χ1) is 8.74. The summed E-state index contributed by atoms with van der Waals surface area (Å²) in [4.78, 5) is 12.6. The summed E-state index contributed by atoms with van der Waals surface area (Å²) >= 11 is 0. The summed E-state index contributed by atoms with van der Waals surface area (Å²) in [6, 6.07) is 12.1. The third-order valence-corrected chi connectivity index (χ3v) is 2.82. The lowest BCUT2D eigenvalue weighted by atomic mass is 10.1. The minimum Gasteiger partial charge on any atom is -0.382 e. The summed E-state index contributed by atoms with van der Waals surface area (Å²) in [6.07, 6.45) is 1.45. The molecule has 2 N–H and O–H groups in total. The highest BCUT2D eigenvalue weighted by atomic mass is 14.9. The normalized spacial score (nSPS) is 10.7. The molecule has 0 bridgehead atoms. The van der Waals surface area contributed by atoms with Gasteiger partial charge in [-0.1, -0.05) is 23.8 Å². The van der Waals surface area contributed by atoms with Crippen LogP contribution >= 0.6 is 0 Å². The van der Waals surface area contributed by atoms with Crippen molar-refractivity contribution in [2.75, 3.05) is 5.73 Å². The number of aryl methyl sites for hydroxylation is 1. The summed E-state index contributed by atoms with van der Waals surface area (Å²) in [5.74, 6) is 0.412. The Kier molecular flexibility index (Phi) is 2.41. The summed E-state index contributed by atoms with van der Waals surface area (Å²) in [5, 5.41) is 0. The fourth-order valence-corrected chi connectivity index (χ4v) is 1.92. The van der Waals surface area contributed by atoms with E-state index in [1.165, 1.54) is 11.9 Å². The van der Waals surface area contributed by atoms with Crippen LogP contribution in [-0.2, 0) is 0 Å². The van der Waals surface area contributed by atoms with Crippen LogP contribution in [0.5, 0.6) is 0 Å². The second-order valence-corrected chi connectivity index (χ2v) is 4.19. The molecule has 2 aromatic heterocycles. The van der Waals surface area contributed by atoms with Gasteiger partial charge in [-0.05, 0) is 25.1 Å². The van der Waals surface area contributed by atoms with Gasteiger partial charge >= 0.3 is 0 Å². The van der Waals surface area contributed by atoms with Crippen molar-refractivity contribution < 1.29 is 0 Å². The molecular weight excluding hydrogens is 224 g/mol. The van der Waals surface area contributed by atoms with Gasteiger partial charge in [-0.15, -0.1) is 0 Å². The van der Waals surface area contributed by atoms with Gasteiger partial charge in [-0.25, -0.2) is 15.0 Å². The van der Waals surface area contributed by atoms with Crippen LogP contribution in [0.4, 0.5) is 5.82 Å². The van der Waals surface area contributed by atoms with Crippen LogP contribution in [0.1, 0.15) is 5.56 Å². The summed E-state index contributed by atoms with van der Waals surface area (Å²) < 4.78 is 0. The Morgan fingerprint density at radius 1 is 1.06 bits per heavy atom. The Balaban J connectivity index is 2.22. The Hall–Kier alpha value is -2.49. The number of nitrogen functional groups attached to an aromatic ring is 1. The number of hydrogen-bond acceptors (Lipinski definition) is 4. The predicted molar refractivity (Wildman–Crippen MR) is 71.9 cm³/mol. The van der Waals surface area contributed by atoms with E-state index in [0.29, 0.717) is 11.3 Å². The number of aromatic nitrogens is 3. The van der Waals surface area contributed by atoms with Crippen LogP contribution in [0, 0.1) is 6.92 Å². The summed E-state index contributed by atoms with van der Waals surface area (Å²) in [7, 11) is 0. The molecule has 18 heavy (non-hydrogen) atoms. The molecule has 0 fully saturated rings. The molecule has 0 aliphatic heterocycles. The number of hydrogen-bond donors (Lipinski definition) is 1. The average molecular weight is 236 g/mol. The molecule has 4 heteroatoms. The van der Waals surface area contributed by atoms with Crippen molar-refractivity contribution in [2.24, 2.45) is 0 Å². The number of rotatable bonds is 1. The quantitative estimate of drug-likeness (QED) is 0.705. The Morgan fingerprint density at radius 2 is 1.94 bits per heavy atom. The van der Waals surface area contributed by atoms with Crippen LogP contribution in [0.3, 0.4) is 0 Å². The van der Waals surface area contributed by atoms with Gasteiger partial charge in [-0.3, -0.25) is 0 Å². The van der Waals surface area contributed by atoms with Gasteiger partial charge in [0.1, 0.15) is 11.8 Å². The fourth-order valence-electron chi connectivity index (χ4n) is 1.92. The van der Waals surface area contributed by atoms with Crippen molar-refractivity contribution >= 4 is 16.9 Å². The third-order valence-electron chi connectivity index (χ3n) is 2.82. The number of pyridine rings is 1. The van der Waals surface area contributed by atoms with Gasteiger partial charge in [0, 0.05) is 5.56 Å². The highest BCUT2D eigenvalue weighted by molar-refractivity contribution is 5.85. The first-order valence-electron chi connectivity index (χ1n) is 5.68. The molecule has 0 saturated carbocycles. The molecule has 2 heterocycles. The molecule has 1 aromatic carbocycles. The molecule has 0 atom stereocenters. The van der Waals surface area contributed by atoms with Gasteiger partial charge in [-0.2, -0.15) is 0 Å². The largest absolute Gasteiger partial charge is 0.382 e. The third kappa shape index (κ3) is 1.78. The van der Waals surface area contributed by atoms with E-state index in [0.717, 1.165) is 16.8 Å². The minimum atomic E-state index is 0.412. The molecule has 4 nitrogen and oxygen atoms in total. The smallest absolute Gasteiger partial charge is 0.153 e. The number of benzene rings is 1. The standard InChI is InChI=1S/C14H12N4/c1-9-3-2-4-10(7-9)11-5-6-12-13(18-11)14(15)17-8-16-12/h2-8H,1H3,(H2,15,16,17). The Bertz CT molecular complexity index is 722. The molecular formula is C14H12N4. The lowest BCUT2D eigenvalue weighted by Gasteiger charge is -2.04. The number of nitrogens with two attached hydrogens (primary N) is 1. The lowest BCUT2D eigenvalue weighted by Crippen LogP contribution is -1.96. The van der Waals surface area contributed by atoms with Crippen LogP contribution < -0.4 is 5.73 Å². The van der Waals surface area contributed by atoms with Gasteiger partial charge in [0.15, 0.2) is 5.82 Å². The van der Waals surface area contributed by atoms with E-state index in [2.05, 4.69) is 34.0 Å². The molecule has 0 radical (unpaired) electrons. The van der Waals surface area contributed by atoms with E-state index in [4.69, 9.17) is 5.73 Å². The zero-order chi connectivity index (χ0) is 12.5. The average Bonchev–Trinajstić information content (AvgIpc) is 2.39. The van der Waals surface area contributed by atoms with Crippen molar-refractivity contribution in [1.29, 1.82) is 0 Å². The molecule has 0 aliphatic carbocycles. The number of fused-ring (bicyclic) bond motifs is 1. The van der Waals surface area contributed by atoms with E-state index in [-0.39, 0.29) is 0 Å². The highest BCUT2D eigenvalue weighted by Crippen LogP contribution is 2.22. The van der Waals surface area contributed by atoms with Gasteiger partial charge in [0.2, 0.25) is 0 Å². The monoisotopic (exact) mass is 236 g/mol. The molecule has 0 spiro atoms. The first kappa shape index (κ1) is 10.7. The maximum atomic E-state index is 5.82. The van der Waals surface area contributed by atoms with E-state index in [1.807, 2.05) is 24.3 Å². The minimum absolute atomic E-state index is 0.412. The maximum Gasteiger partial charge on any atom is 0.153 e.